The monoisotopic (exact) mass is 208 g/mol. The molecule has 0 saturated heterocycles. The Balaban J connectivity index is 1.95. The molecule has 0 bridgehead atoms. The van der Waals surface area contributed by atoms with Gasteiger partial charge in [-0.2, -0.15) is 0 Å². The molecule has 0 aromatic heterocycles. The maximum Gasteiger partial charge on any atom is 0.335 e. The molecule has 0 saturated carbocycles. The van der Waals surface area contributed by atoms with Crippen LogP contribution in [0.15, 0.2) is 23.8 Å². The van der Waals surface area contributed by atoms with E-state index in [4.69, 9.17) is 0 Å². The van der Waals surface area contributed by atoms with Crippen LogP contribution in [0.25, 0.3) is 0 Å². The molecule has 0 aliphatic heterocycles. The number of allylic oxidation sites excluding steroid dienone is 3. The van der Waals surface area contributed by atoms with Gasteiger partial charge in [-0.15, -0.1) is 0 Å². The van der Waals surface area contributed by atoms with Crippen LogP contribution in [0.1, 0.15) is 19.3 Å². The summed E-state index contributed by atoms with van der Waals surface area (Å²) in [6, 6.07) is 0. The van der Waals surface area contributed by atoms with Gasteiger partial charge in [0, 0.05) is 12.3 Å². The van der Waals surface area contributed by atoms with Crippen molar-refractivity contribution in [3.05, 3.63) is 23.8 Å². The lowest BCUT2D eigenvalue weighted by atomic mass is 9.92. The maximum absolute atomic E-state index is 11.1. The zero-order chi connectivity index (χ0) is 10.8. The number of carbonyl (C=O) groups excluding carboxylic acids is 1. The minimum absolute atomic E-state index is 0.415. The van der Waals surface area contributed by atoms with Gasteiger partial charge in [0.15, 0.2) is 6.10 Å². The van der Waals surface area contributed by atoms with Crippen LogP contribution in [0.3, 0.4) is 0 Å². The van der Waals surface area contributed by atoms with E-state index in [9.17, 15) is 9.90 Å². The van der Waals surface area contributed by atoms with Gasteiger partial charge in [-0.25, -0.2) is 4.79 Å². The Morgan fingerprint density at radius 1 is 1.67 bits per heavy atom. The fraction of sp³-hybridized carbons (Fsp3) is 0.583. The van der Waals surface area contributed by atoms with Crippen molar-refractivity contribution in [1.82, 2.24) is 0 Å². The second-order valence-corrected chi connectivity index (χ2v) is 4.21. The Hall–Kier alpha value is -1.09. The molecule has 0 heterocycles. The normalized spacial score (nSPS) is 29.9. The average molecular weight is 208 g/mol. The molecule has 0 aromatic carbocycles. The second kappa shape index (κ2) is 4.19. The summed E-state index contributed by atoms with van der Waals surface area (Å²) in [7, 11) is 1.30. The zero-order valence-electron chi connectivity index (χ0n) is 8.85. The predicted molar refractivity (Wildman–Crippen MR) is 56.1 cm³/mol. The molecular weight excluding hydrogens is 192 g/mol. The largest absolute Gasteiger partial charge is 0.467 e. The summed E-state index contributed by atoms with van der Waals surface area (Å²) in [4.78, 5) is 11.1. The second-order valence-electron chi connectivity index (χ2n) is 4.21. The standard InChI is InChI=1S/C12H16O3/c1-15-12(14)11(13)7-9-6-5-8-3-2-4-10(8)9/h2,4,6,8,10-11,13H,3,5,7H2,1H3/t8-,10-,11?/m0/s1. The molecule has 0 aromatic rings. The van der Waals surface area contributed by atoms with Crippen molar-refractivity contribution < 1.29 is 14.6 Å². The Morgan fingerprint density at radius 2 is 2.47 bits per heavy atom. The van der Waals surface area contributed by atoms with Gasteiger partial charge in [0.05, 0.1) is 7.11 Å². The Kier molecular flexibility index (Phi) is 2.91. The van der Waals surface area contributed by atoms with Crippen LogP contribution in [0.5, 0.6) is 0 Å². The smallest absolute Gasteiger partial charge is 0.335 e. The highest BCUT2D eigenvalue weighted by Gasteiger charge is 2.32. The summed E-state index contributed by atoms with van der Waals surface area (Å²) in [6.07, 6.45) is 8.14. The molecule has 0 amide bonds. The number of hydrogen-bond donors (Lipinski definition) is 1. The Labute approximate surface area is 89.4 Å². The number of rotatable bonds is 3. The van der Waals surface area contributed by atoms with Crippen LogP contribution in [-0.2, 0) is 9.53 Å². The highest BCUT2D eigenvalue weighted by molar-refractivity contribution is 5.74. The lowest BCUT2D eigenvalue weighted by molar-refractivity contribution is -0.150. The highest BCUT2D eigenvalue weighted by Crippen LogP contribution is 2.41. The van der Waals surface area contributed by atoms with Gasteiger partial charge in [0.1, 0.15) is 0 Å². The molecule has 2 aliphatic carbocycles. The van der Waals surface area contributed by atoms with E-state index in [1.165, 1.54) is 12.7 Å². The number of esters is 1. The lowest BCUT2D eigenvalue weighted by Crippen LogP contribution is -2.23. The number of fused-ring (bicyclic) bond motifs is 1. The average Bonchev–Trinajstić information content (AvgIpc) is 2.81. The van der Waals surface area contributed by atoms with E-state index >= 15 is 0 Å². The highest BCUT2D eigenvalue weighted by atomic mass is 16.5. The summed E-state index contributed by atoms with van der Waals surface area (Å²) >= 11 is 0. The van der Waals surface area contributed by atoms with E-state index in [0.29, 0.717) is 18.3 Å². The maximum atomic E-state index is 11.1. The van der Waals surface area contributed by atoms with Crippen LogP contribution in [0.2, 0.25) is 0 Å². The molecule has 2 rings (SSSR count). The number of hydrogen-bond acceptors (Lipinski definition) is 3. The molecule has 0 radical (unpaired) electrons. The number of aliphatic hydroxyl groups excluding tert-OH is 1. The first kappa shape index (κ1) is 10.4. The fourth-order valence-electron chi connectivity index (χ4n) is 2.47. The minimum atomic E-state index is -1.01. The van der Waals surface area contributed by atoms with Crippen LogP contribution in [0, 0.1) is 11.8 Å². The molecule has 0 fully saturated rings. The van der Waals surface area contributed by atoms with Crippen LogP contribution < -0.4 is 0 Å². The Morgan fingerprint density at radius 3 is 3.20 bits per heavy atom. The van der Waals surface area contributed by atoms with Gasteiger partial charge in [-0.05, 0) is 18.8 Å². The van der Waals surface area contributed by atoms with E-state index in [2.05, 4.69) is 23.0 Å². The minimum Gasteiger partial charge on any atom is -0.467 e. The van der Waals surface area contributed by atoms with Crippen molar-refractivity contribution in [3.8, 4) is 0 Å². The number of ether oxygens (including phenoxy) is 1. The third kappa shape index (κ3) is 1.97. The number of methoxy groups -OCH3 is 1. The first-order chi connectivity index (χ1) is 7.22. The summed E-state index contributed by atoms with van der Waals surface area (Å²) in [5.74, 6) is 0.579. The van der Waals surface area contributed by atoms with E-state index in [-0.39, 0.29) is 0 Å². The third-order valence-electron chi connectivity index (χ3n) is 3.30. The summed E-state index contributed by atoms with van der Waals surface area (Å²) in [5, 5.41) is 9.56. The predicted octanol–water partition coefficient (Wildman–Crippen LogP) is 1.43. The first-order valence-electron chi connectivity index (χ1n) is 5.34. The van der Waals surface area contributed by atoms with Gasteiger partial charge in [-0.3, -0.25) is 0 Å². The summed E-state index contributed by atoms with van der Waals surface area (Å²) in [5.41, 5.74) is 1.19. The lowest BCUT2D eigenvalue weighted by Gasteiger charge is -2.15. The van der Waals surface area contributed by atoms with Crippen molar-refractivity contribution in [2.75, 3.05) is 7.11 Å². The molecule has 82 valence electrons. The fourth-order valence-corrected chi connectivity index (χ4v) is 2.47. The number of carbonyl (C=O) groups is 1. The van der Waals surface area contributed by atoms with Crippen molar-refractivity contribution in [3.63, 3.8) is 0 Å². The van der Waals surface area contributed by atoms with Crippen LogP contribution in [0.4, 0.5) is 0 Å². The molecule has 0 spiro atoms. The molecular formula is C12H16O3. The SMILES string of the molecule is COC(=O)C(O)CC1=CC[C@@H]2CC=C[C@H]12. The molecule has 15 heavy (non-hydrogen) atoms. The van der Waals surface area contributed by atoms with E-state index < -0.39 is 12.1 Å². The van der Waals surface area contributed by atoms with Crippen molar-refractivity contribution in [2.45, 2.75) is 25.4 Å². The third-order valence-corrected chi connectivity index (χ3v) is 3.30. The van der Waals surface area contributed by atoms with Gasteiger partial charge < -0.3 is 9.84 Å². The molecule has 1 N–H and O–H groups in total. The molecule has 2 aliphatic rings. The molecule has 1 unspecified atom stereocenters. The Bertz CT molecular complexity index is 317. The van der Waals surface area contributed by atoms with Gasteiger partial charge >= 0.3 is 5.97 Å². The van der Waals surface area contributed by atoms with Crippen molar-refractivity contribution >= 4 is 5.97 Å². The quantitative estimate of drug-likeness (QED) is 0.564. The van der Waals surface area contributed by atoms with Crippen LogP contribution >= 0.6 is 0 Å². The topological polar surface area (TPSA) is 46.5 Å². The van der Waals surface area contributed by atoms with Gasteiger partial charge in [0.25, 0.3) is 0 Å². The summed E-state index contributed by atoms with van der Waals surface area (Å²) < 4.78 is 4.50. The number of aliphatic hydroxyl groups is 1. The zero-order valence-corrected chi connectivity index (χ0v) is 8.85. The first-order valence-corrected chi connectivity index (χ1v) is 5.34. The van der Waals surface area contributed by atoms with Crippen LogP contribution in [-0.4, -0.2) is 24.3 Å². The van der Waals surface area contributed by atoms with E-state index in [1.54, 1.807) is 0 Å². The molecule has 3 atom stereocenters. The van der Waals surface area contributed by atoms with Crippen molar-refractivity contribution in [2.24, 2.45) is 11.8 Å². The van der Waals surface area contributed by atoms with Crippen molar-refractivity contribution in [1.29, 1.82) is 0 Å². The molecule has 3 heteroatoms. The van der Waals surface area contributed by atoms with Gasteiger partial charge in [-0.1, -0.05) is 23.8 Å². The van der Waals surface area contributed by atoms with Gasteiger partial charge in [0.2, 0.25) is 0 Å². The molecule has 3 nitrogen and oxygen atoms in total. The summed E-state index contributed by atoms with van der Waals surface area (Å²) in [6.45, 7) is 0. The van der Waals surface area contributed by atoms with E-state index in [1.807, 2.05) is 0 Å². The van der Waals surface area contributed by atoms with E-state index in [0.717, 1.165) is 12.8 Å².